The monoisotopic (exact) mass is 413 g/mol. The standard InChI is InChI=1S/C25H27N5O/c1-3-11-29-12-10-19-18(25(29)31)14-20-23(26-19)28(2)24(27-20)22-13-17-6-4-5-7-21(17)30(22)15-16-8-9-16/h4-7,13-14,16H,3,8-12,15H2,1-2H3. The fourth-order valence-corrected chi connectivity index (χ4v) is 4.90. The zero-order valence-corrected chi connectivity index (χ0v) is 18.1. The second-order valence-electron chi connectivity index (χ2n) is 9.00. The van der Waals surface area contributed by atoms with E-state index >= 15 is 0 Å². The van der Waals surface area contributed by atoms with E-state index in [1.54, 1.807) is 0 Å². The first kappa shape index (κ1) is 18.6. The molecule has 6 heteroatoms. The topological polar surface area (TPSA) is 56.0 Å². The molecule has 0 saturated heterocycles. The summed E-state index contributed by atoms with van der Waals surface area (Å²) in [6.07, 6.45) is 4.38. The first-order chi connectivity index (χ1) is 15.1. The van der Waals surface area contributed by atoms with Crippen LogP contribution in [0, 0.1) is 5.92 Å². The Morgan fingerprint density at radius 3 is 2.77 bits per heavy atom. The molecule has 4 aromatic rings. The lowest BCUT2D eigenvalue weighted by Crippen LogP contribution is -2.38. The molecule has 1 aliphatic heterocycles. The SMILES string of the molecule is CCCN1CCc2nc3c(cc2C1=O)nc(-c1cc2ccccc2n1CC1CC1)n3C. The first-order valence-corrected chi connectivity index (χ1v) is 11.4. The zero-order valence-electron chi connectivity index (χ0n) is 18.1. The van der Waals surface area contributed by atoms with Crippen molar-refractivity contribution in [1.29, 1.82) is 0 Å². The molecule has 0 unspecified atom stereocenters. The Balaban J connectivity index is 1.50. The predicted octanol–water partition coefficient (Wildman–Crippen LogP) is 4.41. The fraction of sp³-hybridized carbons (Fsp3) is 0.400. The van der Waals surface area contributed by atoms with Crippen molar-refractivity contribution < 1.29 is 4.79 Å². The van der Waals surface area contributed by atoms with Gasteiger partial charge in [0.05, 0.1) is 17.0 Å². The highest BCUT2D eigenvalue weighted by Gasteiger charge is 2.28. The molecule has 0 bridgehead atoms. The minimum absolute atomic E-state index is 0.0903. The van der Waals surface area contributed by atoms with E-state index < -0.39 is 0 Å². The number of carbonyl (C=O) groups is 1. The molecule has 6 nitrogen and oxygen atoms in total. The molecule has 0 radical (unpaired) electrons. The van der Waals surface area contributed by atoms with Gasteiger partial charge in [0.15, 0.2) is 11.5 Å². The summed E-state index contributed by atoms with van der Waals surface area (Å²) in [6, 6.07) is 12.8. The minimum Gasteiger partial charge on any atom is -0.338 e. The van der Waals surface area contributed by atoms with E-state index in [1.807, 2.05) is 18.0 Å². The molecule has 2 aliphatic rings. The van der Waals surface area contributed by atoms with Crippen molar-refractivity contribution in [3.63, 3.8) is 0 Å². The molecule has 0 N–H and O–H groups in total. The number of aryl methyl sites for hydroxylation is 1. The van der Waals surface area contributed by atoms with E-state index in [4.69, 9.17) is 9.97 Å². The molecular formula is C25H27N5O. The largest absolute Gasteiger partial charge is 0.338 e. The smallest absolute Gasteiger partial charge is 0.255 e. The van der Waals surface area contributed by atoms with E-state index in [0.717, 1.165) is 72.3 Å². The molecule has 3 aromatic heterocycles. The fourth-order valence-electron chi connectivity index (χ4n) is 4.90. The van der Waals surface area contributed by atoms with Gasteiger partial charge in [-0.15, -0.1) is 0 Å². The van der Waals surface area contributed by atoms with Gasteiger partial charge >= 0.3 is 0 Å². The number of pyridine rings is 1. The van der Waals surface area contributed by atoms with Crippen LogP contribution in [0.1, 0.15) is 42.2 Å². The molecule has 0 atom stereocenters. The molecular weight excluding hydrogens is 386 g/mol. The normalized spacial score (nSPS) is 16.5. The van der Waals surface area contributed by atoms with Crippen LogP contribution in [0.4, 0.5) is 0 Å². The maximum absolute atomic E-state index is 13.0. The molecule has 1 saturated carbocycles. The average molecular weight is 414 g/mol. The van der Waals surface area contributed by atoms with Crippen molar-refractivity contribution in [2.75, 3.05) is 13.1 Å². The minimum atomic E-state index is 0.0903. The van der Waals surface area contributed by atoms with Crippen molar-refractivity contribution in [2.45, 2.75) is 39.2 Å². The summed E-state index contributed by atoms with van der Waals surface area (Å²) in [5, 5.41) is 1.24. The van der Waals surface area contributed by atoms with Crippen molar-refractivity contribution in [3.05, 3.63) is 47.7 Å². The summed E-state index contributed by atoms with van der Waals surface area (Å²) in [7, 11) is 2.04. The Hall–Kier alpha value is -3.15. The van der Waals surface area contributed by atoms with Crippen LogP contribution in [-0.2, 0) is 20.0 Å². The summed E-state index contributed by atoms with van der Waals surface area (Å²) >= 11 is 0. The van der Waals surface area contributed by atoms with Gasteiger partial charge in [-0.25, -0.2) is 9.97 Å². The first-order valence-electron chi connectivity index (χ1n) is 11.4. The Morgan fingerprint density at radius 1 is 1.13 bits per heavy atom. The molecule has 4 heterocycles. The van der Waals surface area contributed by atoms with Crippen LogP contribution >= 0.6 is 0 Å². The average Bonchev–Trinajstić information content (AvgIpc) is 3.45. The van der Waals surface area contributed by atoms with Crippen LogP contribution in [0.5, 0.6) is 0 Å². The van der Waals surface area contributed by atoms with Crippen LogP contribution in [0.15, 0.2) is 36.4 Å². The number of fused-ring (bicyclic) bond motifs is 3. The van der Waals surface area contributed by atoms with Crippen molar-refractivity contribution in [1.82, 2.24) is 24.0 Å². The Kier molecular flexibility index (Phi) is 4.16. The third-order valence-corrected chi connectivity index (χ3v) is 6.73. The quantitative estimate of drug-likeness (QED) is 0.487. The predicted molar refractivity (Wildman–Crippen MR) is 122 cm³/mol. The second kappa shape index (κ2) is 6.94. The van der Waals surface area contributed by atoms with Gasteiger partial charge in [-0.1, -0.05) is 25.1 Å². The summed E-state index contributed by atoms with van der Waals surface area (Å²) < 4.78 is 4.51. The van der Waals surface area contributed by atoms with Gasteiger partial charge in [-0.05, 0) is 43.4 Å². The number of hydrogen-bond acceptors (Lipinski definition) is 3. The second-order valence-corrected chi connectivity index (χ2v) is 9.00. The van der Waals surface area contributed by atoms with Crippen molar-refractivity contribution in [2.24, 2.45) is 13.0 Å². The number of imidazole rings is 1. The molecule has 1 aliphatic carbocycles. The third-order valence-electron chi connectivity index (χ3n) is 6.73. The number of nitrogens with zero attached hydrogens (tertiary/aromatic N) is 5. The zero-order chi connectivity index (χ0) is 21.1. The van der Waals surface area contributed by atoms with Crippen LogP contribution in [0.2, 0.25) is 0 Å². The van der Waals surface area contributed by atoms with Crippen LogP contribution < -0.4 is 0 Å². The lowest BCUT2D eigenvalue weighted by Gasteiger charge is -2.27. The third kappa shape index (κ3) is 2.96. The van der Waals surface area contributed by atoms with Crippen molar-refractivity contribution in [3.8, 4) is 11.5 Å². The van der Waals surface area contributed by atoms with Gasteiger partial charge in [-0.3, -0.25) is 4.79 Å². The van der Waals surface area contributed by atoms with E-state index in [0.29, 0.717) is 0 Å². The maximum Gasteiger partial charge on any atom is 0.255 e. The lowest BCUT2D eigenvalue weighted by atomic mass is 10.0. The number of hydrogen-bond donors (Lipinski definition) is 0. The molecule has 1 fully saturated rings. The number of para-hydroxylation sites is 1. The summed E-state index contributed by atoms with van der Waals surface area (Å²) in [5.74, 6) is 1.77. The molecule has 1 aromatic carbocycles. The van der Waals surface area contributed by atoms with Gasteiger partial charge in [0.1, 0.15) is 5.52 Å². The van der Waals surface area contributed by atoms with Crippen LogP contribution in [-0.4, -0.2) is 43.0 Å². The Morgan fingerprint density at radius 2 is 1.97 bits per heavy atom. The van der Waals surface area contributed by atoms with Crippen molar-refractivity contribution >= 4 is 28.0 Å². The Labute approximate surface area is 181 Å². The number of rotatable bonds is 5. The lowest BCUT2D eigenvalue weighted by molar-refractivity contribution is 0.0738. The molecule has 1 amide bonds. The van der Waals surface area contributed by atoms with Crippen LogP contribution in [0.25, 0.3) is 33.6 Å². The number of aromatic nitrogens is 4. The summed E-state index contributed by atoms with van der Waals surface area (Å²) in [4.78, 5) is 24.8. The highest BCUT2D eigenvalue weighted by Crippen LogP contribution is 2.36. The van der Waals surface area contributed by atoms with Gasteiger partial charge < -0.3 is 14.0 Å². The van der Waals surface area contributed by atoms with Crippen LogP contribution in [0.3, 0.4) is 0 Å². The summed E-state index contributed by atoms with van der Waals surface area (Å²) in [6.45, 7) is 4.68. The number of amides is 1. The highest BCUT2D eigenvalue weighted by atomic mass is 16.2. The van der Waals surface area contributed by atoms with Gasteiger partial charge in [0.2, 0.25) is 0 Å². The van der Waals surface area contributed by atoms with Gasteiger partial charge in [-0.2, -0.15) is 0 Å². The molecule has 6 rings (SSSR count). The Bertz CT molecular complexity index is 1330. The molecule has 158 valence electrons. The summed E-state index contributed by atoms with van der Waals surface area (Å²) in [5.41, 5.74) is 5.66. The van der Waals surface area contributed by atoms with E-state index in [9.17, 15) is 4.79 Å². The maximum atomic E-state index is 13.0. The molecule has 0 spiro atoms. The van der Waals surface area contributed by atoms with E-state index in [-0.39, 0.29) is 5.91 Å². The van der Waals surface area contributed by atoms with E-state index in [1.165, 1.54) is 23.7 Å². The highest BCUT2D eigenvalue weighted by molar-refractivity contribution is 5.99. The van der Waals surface area contributed by atoms with Gasteiger partial charge in [0.25, 0.3) is 5.91 Å². The van der Waals surface area contributed by atoms with Gasteiger partial charge in [0, 0.05) is 44.0 Å². The van der Waals surface area contributed by atoms with E-state index in [2.05, 4.69) is 46.4 Å². The molecule has 31 heavy (non-hydrogen) atoms. The number of carbonyl (C=O) groups excluding carboxylic acids is 1. The number of benzene rings is 1.